The predicted molar refractivity (Wildman–Crippen MR) is 102 cm³/mol. The van der Waals surface area contributed by atoms with E-state index >= 15 is 0 Å². The van der Waals surface area contributed by atoms with Gasteiger partial charge in [0.1, 0.15) is 30.0 Å². The van der Waals surface area contributed by atoms with Crippen molar-refractivity contribution < 1.29 is 14.3 Å². The first-order valence-electron chi connectivity index (χ1n) is 8.65. The lowest BCUT2D eigenvalue weighted by atomic mass is 10.1. The number of carbonyl (C=O) groups is 1. The maximum absolute atomic E-state index is 12.8. The van der Waals surface area contributed by atoms with Gasteiger partial charge in [-0.15, -0.1) is 0 Å². The van der Waals surface area contributed by atoms with Crippen molar-refractivity contribution in [2.45, 2.75) is 13.2 Å². The molecule has 0 aliphatic rings. The lowest BCUT2D eigenvalue weighted by Gasteiger charge is -2.12. The molecule has 0 spiro atoms. The van der Waals surface area contributed by atoms with E-state index < -0.39 is 5.97 Å². The summed E-state index contributed by atoms with van der Waals surface area (Å²) in [6.07, 6.45) is 1.56. The summed E-state index contributed by atoms with van der Waals surface area (Å²) in [5.74, 6) is -0.00358. The fourth-order valence-corrected chi connectivity index (χ4v) is 2.84. The van der Waals surface area contributed by atoms with Crippen molar-refractivity contribution in [3.05, 3.63) is 95.8 Å². The van der Waals surface area contributed by atoms with E-state index in [1.54, 1.807) is 12.4 Å². The van der Waals surface area contributed by atoms with Crippen molar-refractivity contribution in [1.82, 2.24) is 9.97 Å². The average Bonchev–Trinajstić information content (AvgIpc) is 3.20. The number of aromatic nitrogens is 2. The van der Waals surface area contributed by atoms with Crippen LogP contribution in [-0.2, 0) is 18.0 Å². The number of carbonyl (C=O) groups excluding carboxylic acids is 1. The summed E-state index contributed by atoms with van der Waals surface area (Å²) < 4.78 is 11.4. The van der Waals surface area contributed by atoms with Gasteiger partial charge >= 0.3 is 5.97 Å². The van der Waals surface area contributed by atoms with Crippen LogP contribution in [0.2, 0.25) is 0 Å². The highest BCUT2D eigenvalue weighted by Gasteiger charge is 2.20. The number of hydrogen-bond acceptors (Lipinski definition) is 4. The van der Waals surface area contributed by atoms with Crippen molar-refractivity contribution in [2.24, 2.45) is 0 Å². The van der Waals surface area contributed by atoms with Gasteiger partial charge < -0.3 is 14.5 Å². The van der Waals surface area contributed by atoms with Crippen LogP contribution < -0.4 is 4.74 Å². The van der Waals surface area contributed by atoms with E-state index in [-0.39, 0.29) is 6.61 Å². The summed E-state index contributed by atoms with van der Waals surface area (Å²) in [5.41, 5.74) is 3.57. The van der Waals surface area contributed by atoms with Gasteiger partial charge in [-0.1, -0.05) is 60.7 Å². The van der Waals surface area contributed by atoms with Crippen LogP contribution in [0.5, 0.6) is 5.75 Å². The molecule has 1 N–H and O–H groups in total. The van der Waals surface area contributed by atoms with Gasteiger partial charge in [0.05, 0.1) is 11.8 Å². The summed E-state index contributed by atoms with van der Waals surface area (Å²) in [6.45, 7) is 0.550. The van der Waals surface area contributed by atoms with Crippen molar-refractivity contribution in [3.63, 3.8) is 0 Å². The number of rotatable bonds is 6. The molecule has 0 saturated carbocycles. The van der Waals surface area contributed by atoms with Crippen LogP contribution in [0.25, 0.3) is 11.0 Å². The Morgan fingerprint density at radius 2 is 1.52 bits per heavy atom. The van der Waals surface area contributed by atoms with Crippen LogP contribution in [-0.4, -0.2) is 15.9 Å². The van der Waals surface area contributed by atoms with E-state index in [2.05, 4.69) is 9.97 Å². The van der Waals surface area contributed by atoms with Crippen molar-refractivity contribution in [1.29, 1.82) is 0 Å². The van der Waals surface area contributed by atoms with Gasteiger partial charge in [0, 0.05) is 0 Å². The van der Waals surface area contributed by atoms with Crippen LogP contribution in [0.4, 0.5) is 0 Å². The Morgan fingerprint density at radius 3 is 2.22 bits per heavy atom. The Labute approximate surface area is 156 Å². The number of nitrogens with zero attached hydrogens (tertiary/aromatic N) is 1. The summed E-state index contributed by atoms with van der Waals surface area (Å²) in [6, 6.07) is 23.0. The Morgan fingerprint density at radius 1 is 0.852 bits per heavy atom. The monoisotopic (exact) mass is 358 g/mol. The number of ether oxygens (including phenoxy) is 2. The molecule has 4 aromatic rings. The number of H-pyrrole nitrogens is 1. The molecule has 27 heavy (non-hydrogen) atoms. The third-order valence-corrected chi connectivity index (χ3v) is 4.21. The summed E-state index contributed by atoms with van der Waals surface area (Å²) in [4.78, 5) is 20.1. The van der Waals surface area contributed by atoms with Gasteiger partial charge in [-0.05, 0) is 23.3 Å². The average molecular weight is 358 g/mol. The lowest BCUT2D eigenvalue weighted by Crippen LogP contribution is -2.09. The summed E-state index contributed by atoms with van der Waals surface area (Å²) in [5, 5.41) is 0. The first-order chi connectivity index (χ1) is 13.3. The van der Waals surface area contributed by atoms with E-state index in [4.69, 9.17) is 9.47 Å². The van der Waals surface area contributed by atoms with Gasteiger partial charge in [0.25, 0.3) is 0 Å². The van der Waals surface area contributed by atoms with Crippen molar-refractivity contribution >= 4 is 17.0 Å². The number of esters is 1. The molecule has 4 rings (SSSR count). The second kappa shape index (κ2) is 7.74. The maximum atomic E-state index is 12.8. The first kappa shape index (κ1) is 16.8. The van der Waals surface area contributed by atoms with Crippen LogP contribution in [0.15, 0.2) is 79.1 Å². The van der Waals surface area contributed by atoms with E-state index in [9.17, 15) is 4.79 Å². The third kappa shape index (κ3) is 3.82. The minimum absolute atomic E-state index is 0.193. The highest BCUT2D eigenvalue weighted by atomic mass is 16.5. The number of hydrogen-bond donors (Lipinski definition) is 1. The molecule has 0 fully saturated rings. The second-order valence-corrected chi connectivity index (χ2v) is 6.07. The highest BCUT2D eigenvalue weighted by molar-refractivity contribution is 6.04. The number of fused-ring (bicyclic) bond motifs is 1. The Kier molecular flexibility index (Phi) is 4.83. The third-order valence-electron chi connectivity index (χ3n) is 4.21. The van der Waals surface area contributed by atoms with Crippen LogP contribution in [0, 0.1) is 0 Å². The molecule has 0 unspecified atom stereocenters. The molecule has 0 saturated heterocycles. The SMILES string of the molecule is O=C(OCc1ccccc1)c1c(OCc2ccccc2)ccc2[nH]cnc12. The molecule has 3 aromatic carbocycles. The highest BCUT2D eigenvalue weighted by Crippen LogP contribution is 2.28. The predicted octanol–water partition coefficient (Wildman–Crippen LogP) is 4.50. The minimum atomic E-state index is -0.459. The van der Waals surface area contributed by atoms with E-state index in [1.807, 2.05) is 66.7 Å². The van der Waals surface area contributed by atoms with Gasteiger partial charge in [-0.25, -0.2) is 9.78 Å². The molecule has 0 aliphatic carbocycles. The van der Waals surface area contributed by atoms with E-state index in [0.29, 0.717) is 23.4 Å². The fraction of sp³-hybridized carbons (Fsp3) is 0.0909. The Hall–Kier alpha value is -3.60. The molecular weight excluding hydrogens is 340 g/mol. The normalized spacial score (nSPS) is 10.7. The van der Waals surface area contributed by atoms with Crippen LogP contribution in [0.3, 0.4) is 0 Å². The molecule has 1 aromatic heterocycles. The van der Waals surface area contributed by atoms with Gasteiger partial charge in [-0.2, -0.15) is 0 Å². The quantitative estimate of drug-likeness (QED) is 0.516. The zero-order chi connectivity index (χ0) is 18.5. The van der Waals surface area contributed by atoms with Gasteiger partial charge in [0.15, 0.2) is 0 Å². The van der Waals surface area contributed by atoms with E-state index in [0.717, 1.165) is 16.6 Å². The Bertz CT molecular complexity index is 1040. The molecule has 5 nitrogen and oxygen atoms in total. The summed E-state index contributed by atoms with van der Waals surface area (Å²) in [7, 11) is 0. The molecule has 134 valence electrons. The molecule has 0 atom stereocenters. The first-order valence-corrected chi connectivity index (χ1v) is 8.65. The van der Waals surface area contributed by atoms with Crippen LogP contribution >= 0.6 is 0 Å². The molecule has 1 heterocycles. The largest absolute Gasteiger partial charge is 0.488 e. The maximum Gasteiger partial charge on any atom is 0.344 e. The van der Waals surface area contributed by atoms with Crippen molar-refractivity contribution in [2.75, 3.05) is 0 Å². The smallest absolute Gasteiger partial charge is 0.344 e. The second-order valence-electron chi connectivity index (χ2n) is 6.07. The Balaban J connectivity index is 1.59. The number of imidazole rings is 1. The number of aromatic amines is 1. The molecule has 0 amide bonds. The standard InChI is InChI=1S/C22H18N2O3/c25-22(27-14-17-9-5-2-6-10-17)20-19(12-11-18-21(20)24-15-23-18)26-13-16-7-3-1-4-8-16/h1-12,15H,13-14H2,(H,23,24). The zero-order valence-electron chi connectivity index (χ0n) is 14.6. The number of benzene rings is 3. The zero-order valence-corrected chi connectivity index (χ0v) is 14.6. The minimum Gasteiger partial charge on any atom is -0.488 e. The van der Waals surface area contributed by atoms with Crippen molar-refractivity contribution in [3.8, 4) is 5.75 Å². The molecule has 0 bridgehead atoms. The number of nitrogens with one attached hydrogen (secondary N) is 1. The molecule has 0 aliphatic heterocycles. The summed E-state index contributed by atoms with van der Waals surface area (Å²) >= 11 is 0. The molecular formula is C22H18N2O3. The molecule has 0 radical (unpaired) electrons. The fourth-order valence-electron chi connectivity index (χ4n) is 2.84. The van der Waals surface area contributed by atoms with Gasteiger partial charge in [-0.3, -0.25) is 0 Å². The van der Waals surface area contributed by atoms with E-state index in [1.165, 1.54) is 0 Å². The van der Waals surface area contributed by atoms with Gasteiger partial charge in [0.2, 0.25) is 0 Å². The molecule has 5 heteroatoms. The van der Waals surface area contributed by atoms with Crippen LogP contribution in [0.1, 0.15) is 21.5 Å². The lowest BCUT2D eigenvalue weighted by molar-refractivity contribution is 0.0470. The topological polar surface area (TPSA) is 64.2 Å².